The first-order chi connectivity index (χ1) is 8.77. The molecule has 19 heavy (non-hydrogen) atoms. The number of rotatable bonds is 3. The lowest BCUT2D eigenvalue weighted by atomic mass is 9.99. The number of benzene rings is 1. The van der Waals surface area contributed by atoms with E-state index in [1.165, 1.54) is 6.07 Å². The molecule has 2 rings (SSSR count). The molecule has 0 amide bonds. The quantitative estimate of drug-likeness (QED) is 0.854. The standard InChI is InChI=1S/C12H16N2O4S/c1-12(11(15)16)7-4-8-14(12)9-5-2-3-6-10(9)19(13,17)18/h2-3,5-6H,4,7-8H2,1H3,(H,15,16)(H2,13,17,18). The van der Waals surface area contributed by atoms with Gasteiger partial charge >= 0.3 is 5.97 Å². The molecule has 7 heteroatoms. The molecule has 1 aliphatic heterocycles. The van der Waals surface area contributed by atoms with Crippen molar-refractivity contribution >= 4 is 21.7 Å². The van der Waals surface area contributed by atoms with E-state index in [0.29, 0.717) is 25.1 Å². The molecule has 1 aliphatic rings. The van der Waals surface area contributed by atoms with Gasteiger partial charge in [0.2, 0.25) is 10.0 Å². The molecule has 1 aromatic rings. The zero-order valence-corrected chi connectivity index (χ0v) is 11.4. The number of primary sulfonamides is 1. The summed E-state index contributed by atoms with van der Waals surface area (Å²) in [7, 11) is -3.88. The molecule has 6 nitrogen and oxygen atoms in total. The van der Waals surface area contributed by atoms with Crippen LogP contribution in [0.4, 0.5) is 5.69 Å². The van der Waals surface area contributed by atoms with Crippen molar-refractivity contribution in [3.8, 4) is 0 Å². The summed E-state index contributed by atoms with van der Waals surface area (Å²) in [5.74, 6) is -0.964. The maximum absolute atomic E-state index is 11.6. The molecule has 1 atom stereocenters. The highest BCUT2D eigenvalue weighted by molar-refractivity contribution is 7.89. The number of sulfonamides is 1. The average Bonchev–Trinajstić information content (AvgIpc) is 2.71. The first-order valence-corrected chi connectivity index (χ1v) is 7.44. The molecule has 0 bridgehead atoms. The third-order valence-electron chi connectivity index (χ3n) is 3.56. The van der Waals surface area contributed by atoms with Crippen molar-refractivity contribution in [2.75, 3.05) is 11.4 Å². The number of nitrogens with zero attached hydrogens (tertiary/aromatic N) is 1. The zero-order valence-electron chi connectivity index (χ0n) is 10.5. The first kappa shape index (κ1) is 13.8. The van der Waals surface area contributed by atoms with Crippen molar-refractivity contribution in [3.63, 3.8) is 0 Å². The average molecular weight is 284 g/mol. The second-order valence-corrected chi connectivity index (χ2v) is 6.38. The summed E-state index contributed by atoms with van der Waals surface area (Å²) in [6.07, 6.45) is 1.17. The molecular weight excluding hydrogens is 268 g/mol. The third kappa shape index (κ3) is 2.31. The smallest absolute Gasteiger partial charge is 0.329 e. The van der Waals surface area contributed by atoms with Gasteiger partial charge in [-0.2, -0.15) is 0 Å². The van der Waals surface area contributed by atoms with Crippen molar-refractivity contribution in [2.24, 2.45) is 5.14 Å². The van der Waals surface area contributed by atoms with Crippen LogP contribution in [0, 0.1) is 0 Å². The molecule has 0 spiro atoms. The van der Waals surface area contributed by atoms with Crippen LogP contribution in [0.1, 0.15) is 19.8 Å². The van der Waals surface area contributed by atoms with E-state index in [1.54, 1.807) is 30.0 Å². The van der Waals surface area contributed by atoms with Crippen molar-refractivity contribution in [1.82, 2.24) is 0 Å². The lowest BCUT2D eigenvalue weighted by Crippen LogP contribution is -2.48. The lowest BCUT2D eigenvalue weighted by molar-refractivity contribution is -0.142. The highest BCUT2D eigenvalue weighted by atomic mass is 32.2. The molecule has 0 saturated carbocycles. The normalized spacial score (nSPS) is 23.6. The van der Waals surface area contributed by atoms with Gasteiger partial charge in [0.05, 0.1) is 5.69 Å². The van der Waals surface area contributed by atoms with Crippen LogP contribution in [0.3, 0.4) is 0 Å². The van der Waals surface area contributed by atoms with Gasteiger partial charge in [-0.1, -0.05) is 12.1 Å². The zero-order chi connectivity index (χ0) is 14.3. The molecular formula is C12H16N2O4S. The van der Waals surface area contributed by atoms with Gasteiger partial charge in [-0.15, -0.1) is 0 Å². The SMILES string of the molecule is CC1(C(=O)O)CCCN1c1ccccc1S(N)(=O)=O. The van der Waals surface area contributed by atoms with Gasteiger partial charge in [-0.25, -0.2) is 18.4 Å². The van der Waals surface area contributed by atoms with Crippen molar-refractivity contribution in [2.45, 2.75) is 30.2 Å². The Morgan fingerprint density at radius 3 is 2.63 bits per heavy atom. The minimum Gasteiger partial charge on any atom is -0.480 e. The van der Waals surface area contributed by atoms with Crippen molar-refractivity contribution in [1.29, 1.82) is 0 Å². The third-order valence-corrected chi connectivity index (χ3v) is 4.52. The second-order valence-electron chi connectivity index (χ2n) is 4.85. The summed E-state index contributed by atoms with van der Waals surface area (Å²) in [6.45, 7) is 2.09. The molecule has 0 radical (unpaired) electrons. The molecule has 1 fully saturated rings. The van der Waals surface area contributed by atoms with Crippen LogP contribution in [0.25, 0.3) is 0 Å². The van der Waals surface area contributed by atoms with E-state index in [4.69, 9.17) is 5.14 Å². The molecule has 1 saturated heterocycles. The minimum absolute atomic E-state index is 0.0376. The Labute approximate surface area is 111 Å². The van der Waals surface area contributed by atoms with E-state index in [9.17, 15) is 18.3 Å². The predicted octanol–water partition coefficient (Wildman–Crippen LogP) is 0.778. The van der Waals surface area contributed by atoms with Gasteiger partial charge in [-0.05, 0) is 31.9 Å². The fourth-order valence-corrected chi connectivity index (χ4v) is 3.23. The summed E-state index contributed by atoms with van der Waals surface area (Å²) >= 11 is 0. The van der Waals surface area contributed by atoms with Crippen LogP contribution in [-0.2, 0) is 14.8 Å². The number of aliphatic carboxylic acids is 1. The fourth-order valence-electron chi connectivity index (χ4n) is 2.49. The summed E-state index contributed by atoms with van der Waals surface area (Å²) in [5.41, 5.74) is -0.742. The van der Waals surface area contributed by atoms with Gasteiger partial charge in [0.15, 0.2) is 0 Å². The largest absolute Gasteiger partial charge is 0.480 e. The Bertz CT molecular complexity index is 614. The van der Waals surface area contributed by atoms with Gasteiger partial charge < -0.3 is 10.0 Å². The van der Waals surface area contributed by atoms with Crippen molar-refractivity contribution < 1.29 is 18.3 Å². The highest BCUT2D eigenvalue weighted by Crippen LogP contribution is 2.37. The molecule has 1 heterocycles. The van der Waals surface area contributed by atoms with E-state index < -0.39 is 21.5 Å². The lowest BCUT2D eigenvalue weighted by Gasteiger charge is -2.34. The number of hydrogen-bond donors (Lipinski definition) is 2. The molecule has 1 aromatic carbocycles. The number of nitrogens with two attached hydrogens (primary N) is 1. The van der Waals surface area contributed by atoms with E-state index in [1.807, 2.05) is 0 Å². The number of carbonyl (C=O) groups is 1. The Kier molecular flexibility index (Phi) is 3.27. The van der Waals surface area contributed by atoms with Gasteiger partial charge in [-0.3, -0.25) is 0 Å². The van der Waals surface area contributed by atoms with Crippen LogP contribution >= 0.6 is 0 Å². The predicted molar refractivity (Wildman–Crippen MR) is 70.4 cm³/mol. The van der Waals surface area contributed by atoms with Gasteiger partial charge in [0.25, 0.3) is 0 Å². The van der Waals surface area contributed by atoms with E-state index >= 15 is 0 Å². The number of carboxylic acid groups (broad SMARTS) is 1. The number of para-hydroxylation sites is 1. The summed E-state index contributed by atoms with van der Waals surface area (Å²) in [4.78, 5) is 13.0. The summed E-state index contributed by atoms with van der Waals surface area (Å²) < 4.78 is 23.2. The monoisotopic (exact) mass is 284 g/mol. The molecule has 3 N–H and O–H groups in total. The van der Waals surface area contributed by atoms with Crippen LogP contribution in [0.2, 0.25) is 0 Å². The van der Waals surface area contributed by atoms with Gasteiger partial charge in [0, 0.05) is 6.54 Å². The Balaban J connectivity index is 2.57. The topological polar surface area (TPSA) is 101 Å². The molecule has 0 aromatic heterocycles. The summed E-state index contributed by atoms with van der Waals surface area (Å²) in [5, 5.41) is 14.6. The van der Waals surface area contributed by atoms with Gasteiger partial charge in [0.1, 0.15) is 10.4 Å². The number of anilines is 1. The highest BCUT2D eigenvalue weighted by Gasteiger charge is 2.44. The van der Waals surface area contributed by atoms with Crippen LogP contribution < -0.4 is 10.0 Å². The van der Waals surface area contributed by atoms with Crippen LogP contribution in [0.5, 0.6) is 0 Å². The number of hydrogen-bond acceptors (Lipinski definition) is 4. The Morgan fingerprint density at radius 2 is 2.05 bits per heavy atom. The van der Waals surface area contributed by atoms with E-state index in [-0.39, 0.29) is 4.90 Å². The maximum Gasteiger partial charge on any atom is 0.329 e. The van der Waals surface area contributed by atoms with Crippen molar-refractivity contribution in [3.05, 3.63) is 24.3 Å². The molecule has 104 valence electrons. The molecule has 1 unspecified atom stereocenters. The van der Waals surface area contributed by atoms with Crippen LogP contribution in [-0.4, -0.2) is 31.6 Å². The Morgan fingerprint density at radius 1 is 1.42 bits per heavy atom. The maximum atomic E-state index is 11.6. The Hall–Kier alpha value is -1.60. The van der Waals surface area contributed by atoms with E-state index in [2.05, 4.69) is 0 Å². The first-order valence-electron chi connectivity index (χ1n) is 5.90. The molecule has 0 aliphatic carbocycles. The number of carboxylic acids is 1. The van der Waals surface area contributed by atoms with Crippen LogP contribution in [0.15, 0.2) is 29.2 Å². The second kappa shape index (κ2) is 4.50. The fraction of sp³-hybridized carbons (Fsp3) is 0.417. The minimum atomic E-state index is -3.88. The van der Waals surface area contributed by atoms with E-state index in [0.717, 1.165) is 0 Å². The summed E-state index contributed by atoms with van der Waals surface area (Å²) in [6, 6.07) is 6.22.